The van der Waals surface area contributed by atoms with E-state index in [-0.39, 0.29) is 0 Å². The molecule has 1 aromatic heterocycles. The maximum atomic E-state index is 4.78. The third-order valence-electron chi connectivity index (χ3n) is 4.06. The van der Waals surface area contributed by atoms with Gasteiger partial charge in [-0.3, -0.25) is 0 Å². The maximum Gasteiger partial charge on any atom is 0.172 e. The first kappa shape index (κ1) is 14.1. The third-order valence-corrected chi connectivity index (χ3v) is 4.06. The normalized spacial score (nSPS) is 18.7. The summed E-state index contributed by atoms with van der Waals surface area (Å²) >= 11 is 0. The lowest BCUT2D eigenvalue weighted by Crippen LogP contribution is -2.42. The zero-order valence-electron chi connectivity index (χ0n) is 12.8. The van der Waals surface area contributed by atoms with Gasteiger partial charge in [0.2, 0.25) is 0 Å². The molecular formula is C16H23N5. The second-order valence-electron chi connectivity index (χ2n) is 5.66. The van der Waals surface area contributed by atoms with Crippen LogP contribution in [0.5, 0.6) is 0 Å². The van der Waals surface area contributed by atoms with Gasteiger partial charge in [0.25, 0.3) is 0 Å². The Morgan fingerprint density at radius 1 is 1.24 bits per heavy atom. The average molecular weight is 285 g/mol. The van der Waals surface area contributed by atoms with Gasteiger partial charge in [-0.15, -0.1) is 0 Å². The predicted octanol–water partition coefficient (Wildman–Crippen LogP) is 2.25. The molecule has 0 unspecified atom stereocenters. The van der Waals surface area contributed by atoms with Gasteiger partial charge in [-0.1, -0.05) is 18.6 Å². The van der Waals surface area contributed by atoms with Crippen LogP contribution in [0.4, 0.5) is 11.6 Å². The average Bonchev–Trinajstić information content (AvgIpc) is 2.54. The highest BCUT2D eigenvalue weighted by Crippen LogP contribution is 2.24. The highest BCUT2D eigenvalue weighted by atomic mass is 15.2. The lowest BCUT2D eigenvalue weighted by molar-refractivity contribution is 0.403. The van der Waals surface area contributed by atoms with Crippen LogP contribution in [0.1, 0.15) is 19.3 Å². The summed E-state index contributed by atoms with van der Waals surface area (Å²) in [6.07, 6.45) is 3.84. The molecule has 0 radical (unpaired) electrons. The highest BCUT2D eigenvalue weighted by Gasteiger charge is 2.18. The Balaban J connectivity index is 1.86. The van der Waals surface area contributed by atoms with Crippen molar-refractivity contribution in [2.45, 2.75) is 25.3 Å². The van der Waals surface area contributed by atoms with Crippen molar-refractivity contribution in [3.63, 3.8) is 0 Å². The summed E-state index contributed by atoms with van der Waals surface area (Å²) in [5.74, 6) is 1.76. The van der Waals surface area contributed by atoms with E-state index in [2.05, 4.69) is 27.6 Å². The van der Waals surface area contributed by atoms with E-state index in [0.29, 0.717) is 6.04 Å². The molecular weight excluding hydrogens is 262 g/mol. The fourth-order valence-corrected chi connectivity index (χ4v) is 2.92. The van der Waals surface area contributed by atoms with Gasteiger partial charge in [0, 0.05) is 26.7 Å². The first-order valence-electron chi connectivity index (χ1n) is 7.67. The summed E-state index contributed by atoms with van der Waals surface area (Å²) in [4.78, 5) is 11.7. The molecule has 1 aromatic carbocycles. The van der Waals surface area contributed by atoms with Crippen LogP contribution < -0.4 is 15.5 Å². The smallest absolute Gasteiger partial charge is 0.172 e. The molecule has 2 heterocycles. The zero-order valence-corrected chi connectivity index (χ0v) is 12.8. The number of hydrogen-bond donors (Lipinski definition) is 2. The summed E-state index contributed by atoms with van der Waals surface area (Å²) in [6, 6.07) is 8.55. The van der Waals surface area contributed by atoms with Crippen LogP contribution in [0.25, 0.3) is 11.0 Å². The Morgan fingerprint density at radius 2 is 2.00 bits per heavy atom. The molecule has 0 aliphatic carbocycles. The van der Waals surface area contributed by atoms with Crippen LogP contribution in [0.3, 0.4) is 0 Å². The van der Waals surface area contributed by atoms with E-state index in [9.17, 15) is 0 Å². The van der Waals surface area contributed by atoms with Crippen molar-refractivity contribution in [3.8, 4) is 0 Å². The molecule has 0 saturated carbocycles. The Labute approximate surface area is 125 Å². The number of para-hydroxylation sites is 2. The molecule has 5 nitrogen and oxygen atoms in total. The van der Waals surface area contributed by atoms with E-state index in [4.69, 9.17) is 4.98 Å². The molecule has 2 aromatic rings. The Hall–Kier alpha value is -1.88. The number of piperidine rings is 1. The Morgan fingerprint density at radius 3 is 2.67 bits per heavy atom. The maximum absolute atomic E-state index is 4.78. The summed E-state index contributed by atoms with van der Waals surface area (Å²) in [6.45, 7) is 2.09. The molecule has 1 aliphatic heterocycles. The minimum atomic E-state index is 0.543. The number of likely N-dealkylation sites (N-methyl/N-ethyl adjacent to an activating group) is 1. The van der Waals surface area contributed by atoms with Gasteiger partial charge < -0.3 is 15.5 Å². The molecule has 2 N–H and O–H groups in total. The van der Waals surface area contributed by atoms with Crippen molar-refractivity contribution in [3.05, 3.63) is 24.3 Å². The Kier molecular flexibility index (Phi) is 4.20. The molecule has 1 saturated heterocycles. The number of anilines is 2. The van der Waals surface area contributed by atoms with Crippen LogP contribution in [-0.2, 0) is 0 Å². The van der Waals surface area contributed by atoms with Gasteiger partial charge in [-0.2, -0.15) is 0 Å². The second-order valence-corrected chi connectivity index (χ2v) is 5.66. The number of benzene rings is 1. The van der Waals surface area contributed by atoms with Crippen molar-refractivity contribution in [1.82, 2.24) is 15.3 Å². The van der Waals surface area contributed by atoms with Crippen molar-refractivity contribution < 1.29 is 0 Å². The summed E-state index contributed by atoms with van der Waals surface area (Å²) in [5.41, 5.74) is 1.87. The molecule has 21 heavy (non-hydrogen) atoms. The fourth-order valence-electron chi connectivity index (χ4n) is 2.92. The molecule has 0 amide bonds. The van der Waals surface area contributed by atoms with Crippen molar-refractivity contribution in [1.29, 1.82) is 0 Å². The van der Waals surface area contributed by atoms with E-state index in [1.54, 1.807) is 0 Å². The number of rotatable bonds is 4. The molecule has 1 atom stereocenters. The summed E-state index contributed by atoms with van der Waals surface area (Å²) < 4.78 is 0. The third kappa shape index (κ3) is 3.08. The van der Waals surface area contributed by atoms with E-state index >= 15 is 0 Å². The fraction of sp³-hybridized carbons (Fsp3) is 0.500. The van der Waals surface area contributed by atoms with Crippen LogP contribution in [0.15, 0.2) is 24.3 Å². The van der Waals surface area contributed by atoms with Crippen LogP contribution >= 0.6 is 0 Å². The number of nitrogens with one attached hydrogen (secondary N) is 2. The second kappa shape index (κ2) is 6.26. The molecule has 1 aliphatic rings. The SMILES string of the molecule is CNc1nc2ccccc2nc1N(C)C[C@@H]1CCCCN1. The lowest BCUT2D eigenvalue weighted by atomic mass is 10.0. The van der Waals surface area contributed by atoms with E-state index < -0.39 is 0 Å². The predicted molar refractivity (Wildman–Crippen MR) is 88.0 cm³/mol. The van der Waals surface area contributed by atoms with E-state index in [1.807, 2.05) is 31.3 Å². The molecule has 0 bridgehead atoms. The van der Waals surface area contributed by atoms with Gasteiger partial charge >= 0.3 is 0 Å². The van der Waals surface area contributed by atoms with Gasteiger partial charge in [0.1, 0.15) is 0 Å². The molecule has 112 valence electrons. The number of fused-ring (bicyclic) bond motifs is 1. The van der Waals surface area contributed by atoms with Gasteiger partial charge in [0.15, 0.2) is 11.6 Å². The minimum Gasteiger partial charge on any atom is -0.370 e. The zero-order chi connectivity index (χ0) is 14.7. The van der Waals surface area contributed by atoms with Crippen molar-refractivity contribution in [2.75, 3.05) is 37.4 Å². The monoisotopic (exact) mass is 285 g/mol. The first-order chi connectivity index (χ1) is 10.3. The van der Waals surface area contributed by atoms with Gasteiger partial charge in [0.05, 0.1) is 11.0 Å². The van der Waals surface area contributed by atoms with Gasteiger partial charge in [-0.05, 0) is 31.5 Å². The first-order valence-corrected chi connectivity index (χ1v) is 7.67. The lowest BCUT2D eigenvalue weighted by Gasteiger charge is -2.29. The standard InChI is InChI=1S/C16H23N5/c1-17-15-16(20-14-9-4-3-8-13(14)19-15)21(2)11-12-7-5-6-10-18-12/h3-4,8-9,12,18H,5-7,10-11H2,1-2H3,(H,17,19)/t12-/m0/s1. The molecule has 3 rings (SSSR count). The van der Waals surface area contributed by atoms with Crippen molar-refractivity contribution in [2.24, 2.45) is 0 Å². The highest BCUT2D eigenvalue weighted by molar-refractivity contribution is 5.80. The largest absolute Gasteiger partial charge is 0.370 e. The summed E-state index contributed by atoms with van der Waals surface area (Å²) in [7, 11) is 3.99. The number of hydrogen-bond acceptors (Lipinski definition) is 5. The Bertz CT molecular complexity index is 607. The molecule has 1 fully saturated rings. The van der Waals surface area contributed by atoms with E-state index in [1.165, 1.54) is 19.3 Å². The number of aromatic nitrogens is 2. The molecule has 0 spiro atoms. The van der Waals surface area contributed by atoms with Crippen molar-refractivity contribution >= 4 is 22.7 Å². The quantitative estimate of drug-likeness (QED) is 0.902. The van der Waals surface area contributed by atoms with Crippen LogP contribution in [0.2, 0.25) is 0 Å². The number of nitrogens with zero attached hydrogens (tertiary/aromatic N) is 3. The minimum absolute atomic E-state index is 0.543. The van der Waals surface area contributed by atoms with Crippen LogP contribution in [0, 0.1) is 0 Å². The topological polar surface area (TPSA) is 53.1 Å². The van der Waals surface area contributed by atoms with Gasteiger partial charge in [-0.25, -0.2) is 9.97 Å². The van der Waals surface area contributed by atoms with Crippen LogP contribution in [-0.4, -0.2) is 43.2 Å². The molecule has 5 heteroatoms. The summed E-state index contributed by atoms with van der Waals surface area (Å²) in [5, 5.41) is 6.75. The van der Waals surface area contributed by atoms with E-state index in [0.717, 1.165) is 35.8 Å².